The molecule has 3 rings (SSSR count). The van der Waals surface area contributed by atoms with Crippen molar-refractivity contribution in [2.24, 2.45) is 0 Å². The first-order valence-electron chi connectivity index (χ1n) is 13.3. The number of halogens is 2. The van der Waals surface area contributed by atoms with Crippen molar-refractivity contribution in [1.29, 1.82) is 0 Å². The fourth-order valence-electron chi connectivity index (χ4n) is 4.42. The lowest BCUT2D eigenvalue weighted by molar-refractivity contribution is -0.140. The van der Waals surface area contributed by atoms with Crippen molar-refractivity contribution in [3.05, 3.63) is 99.5 Å². The van der Waals surface area contributed by atoms with Crippen LogP contribution >= 0.6 is 23.2 Å². The second-order valence-corrected chi connectivity index (χ2v) is 13.7. The van der Waals surface area contributed by atoms with Gasteiger partial charge in [0.25, 0.3) is 0 Å². The molecule has 0 aromatic heterocycles. The maximum Gasteiger partial charge on any atom is 0.244 e. The van der Waals surface area contributed by atoms with E-state index < -0.39 is 28.5 Å². The number of nitrogens with one attached hydrogen (secondary N) is 1. The summed E-state index contributed by atoms with van der Waals surface area (Å²) in [4.78, 5) is 28.9. The molecule has 1 N–H and O–H groups in total. The van der Waals surface area contributed by atoms with E-state index in [4.69, 9.17) is 23.2 Å². The Labute approximate surface area is 253 Å². The van der Waals surface area contributed by atoms with Crippen LogP contribution in [0.4, 0.5) is 5.69 Å². The number of anilines is 1. The molecule has 0 radical (unpaired) electrons. The van der Waals surface area contributed by atoms with Gasteiger partial charge in [-0.15, -0.1) is 0 Å². The lowest BCUT2D eigenvalue weighted by Crippen LogP contribution is -2.53. The van der Waals surface area contributed by atoms with E-state index in [-0.39, 0.29) is 24.3 Å². The quantitative estimate of drug-likeness (QED) is 0.293. The number of carbonyl (C=O) groups is 2. The van der Waals surface area contributed by atoms with Crippen LogP contribution in [-0.4, -0.2) is 50.5 Å². The number of benzene rings is 3. The minimum absolute atomic E-state index is 0.0188. The van der Waals surface area contributed by atoms with Gasteiger partial charge >= 0.3 is 0 Å². The van der Waals surface area contributed by atoms with Crippen LogP contribution in [0.15, 0.2) is 72.8 Å². The van der Waals surface area contributed by atoms with Crippen LogP contribution in [-0.2, 0) is 38.0 Å². The highest BCUT2D eigenvalue weighted by Crippen LogP contribution is 2.27. The molecule has 0 fully saturated rings. The molecular formula is C31H37Cl2N3O4S. The van der Waals surface area contributed by atoms with Crippen molar-refractivity contribution >= 4 is 50.7 Å². The minimum atomic E-state index is -3.85. The molecule has 0 aliphatic carbocycles. The van der Waals surface area contributed by atoms with E-state index in [1.165, 1.54) is 4.90 Å². The van der Waals surface area contributed by atoms with Crippen LogP contribution < -0.4 is 9.62 Å². The van der Waals surface area contributed by atoms with Gasteiger partial charge in [0.2, 0.25) is 21.8 Å². The zero-order chi connectivity index (χ0) is 30.4. The summed E-state index contributed by atoms with van der Waals surface area (Å²) in [5, 5.41) is 3.50. The molecule has 0 spiro atoms. The van der Waals surface area contributed by atoms with Crippen LogP contribution in [0.1, 0.15) is 44.4 Å². The average molecular weight is 619 g/mol. The molecule has 7 nitrogen and oxygen atoms in total. The van der Waals surface area contributed by atoms with E-state index in [9.17, 15) is 18.0 Å². The molecule has 1 unspecified atom stereocenters. The number of hydrogen-bond donors (Lipinski definition) is 1. The molecule has 0 bridgehead atoms. The van der Waals surface area contributed by atoms with Crippen molar-refractivity contribution in [2.75, 3.05) is 23.7 Å². The van der Waals surface area contributed by atoms with Crippen molar-refractivity contribution in [2.45, 2.75) is 52.1 Å². The Morgan fingerprint density at radius 3 is 2.07 bits per heavy atom. The summed E-state index contributed by atoms with van der Waals surface area (Å²) >= 11 is 12.4. The third-order valence-corrected chi connectivity index (χ3v) is 8.54. The minimum Gasteiger partial charge on any atom is -0.355 e. The Kier molecular flexibility index (Phi) is 10.9. The zero-order valence-electron chi connectivity index (χ0n) is 24.0. The van der Waals surface area contributed by atoms with Gasteiger partial charge in [0, 0.05) is 19.5 Å². The summed E-state index contributed by atoms with van der Waals surface area (Å²) in [7, 11) is -3.85. The molecule has 0 saturated carbocycles. The monoisotopic (exact) mass is 617 g/mol. The predicted molar refractivity (Wildman–Crippen MR) is 167 cm³/mol. The number of carbonyl (C=O) groups excluding carboxylic acids is 2. The number of rotatable bonds is 11. The van der Waals surface area contributed by atoms with Gasteiger partial charge in [-0.25, -0.2) is 8.42 Å². The highest BCUT2D eigenvalue weighted by Gasteiger charge is 2.33. The first kappa shape index (κ1) is 32.4. The second kappa shape index (κ2) is 13.7. The summed E-state index contributed by atoms with van der Waals surface area (Å²) in [6.07, 6.45) is 1.30. The number of hydrogen-bond acceptors (Lipinski definition) is 4. The van der Waals surface area contributed by atoms with Crippen molar-refractivity contribution in [1.82, 2.24) is 10.2 Å². The predicted octanol–water partition coefficient (Wildman–Crippen LogP) is 5.83. The zero-order valence-corrected chi connectivity index (χ0v) is 26.4. The van der Waals surface area contributed by atoms with E-state index in [1.807, 2.05) is 42.5 Å². The summed E-state index contributed by atoms with van der Waals surface area (Å²) in [5.74, 6) is -0.876. The highest BCUT2D eigenvalue weighted by molar-refractivity contribution is 7.92. The Morgan fingerprint density at radius 2 is 1.54 bits per heavy atom. The van der Waals surface area contributed by atoms with Crippen molar-refractivity contribution in [3.63, 3.8) is 0 Å². The third-order valence-electron chi connectivity index (χ3n) is 6.66. The van der Waals surface area contributed by atoms with E-state index >= 15 is 0 Å². The van der Waals surface area contributed by atoms with Gasteiger partial charge in [0.15, 0.2) is 0 Å². The molecule has 2 amide bonds. The van der Waals surface area contributed by atoms with Crippen LogP contribution in [0.5, 0.6) is 0 Å². The molecule has 10 heteroatoms. The van der Waals surface area contributed by atoms with Crippen LogP contribution in [0.25, 0.3) is 0 Å². The first-order chi connectivity index (χ1) is 19.2. The fourth-order valence-corrected chi connectivity index (χ4v) is 5.59. The molecule has 0 saturated heterocycles. The SMILES string of the molecule is CCNC(=O)C(Cc1ccccc1)N(Cc1ccc(Cl)c(Cl)c1)C(=O)CN(c1ccc(C(C)(C)C)cc1)S(C)(=O)=O. The second-order valence-electron chi connectivity index (χ2n) is 10.9. The van der Waals surface area contributed by atoms with Gasteiger partial charge in [0.05, 0.1) is 22.0 Å². The van der Waals surface area contributed by atoms with Gasteiger partial charge in [-0.3, -0.25) is 13.9 Å². The Morgan fingerprint density at radius 1 is 0.902 bits per heavy atom. The lowest BCUT2D eigenvalue weighted by Gasteiger charge is -2.33. The Balaban J connectivity index is 2.05. The first-order valence-corrected chi connectivity index (χ1v) is 15.9. The molecule has 0 aliphatic rings. The number of nitrogens with zero attached hydrogens (tertiary/aromatic N) is 2. The standard InChI is InChI=1S/C31H37Cl2N3O4S/c1-6-34-30(38)28(19-22-10-8-7-9-11-22)35(20-23-12-17-26(32)27(33)18-23)29(37)21-36(41(5,39)40)25-15-13-24(14-16-25)31(2,3)4/h7-18,28H,6,19-21H2,1-5H3,(H,34,38). The summed E-state index contributed by atoms with van der Waals surface area (Å²) in [6, 6.07) is 20.6. The van der Waals surface area contributed by atoms with Crippen LogP contribution in [0, 0.1) is 0 Å². The van der Waals surface area contributed by atoms with Crippen molar-refractivity contribution < 1.29 is 18.0 Å². The average Bonchev–Trinajstić information content (AvgIpc) is 2.90. The van der Waals surface area contributed by atoms with Crippen LogP contribution in [0.3, 0.4) is 0 Å². The largest absolute Gasteiger partial charge is 0.355 e. The Hall–Kier alpha value is -3.07. The van der Waals surface area contributed by atoms with Gasteiger partial charge in [0.1, 0.15) is 12.6 Å². The lowest BCUT2D eigenvalue weighted by atomic mass is 9.87. The van der Waals surface area contributed by atoms with E-state index in [0.29, 0.717) is 27.8 Å². The molecule has 3 aromatic rings. The van der Waals surface area contributed by atoms with Crippen LogP contribution in [0.2, 0.25) is 10.0 Å². The molecule has 0 aliphatic heterocycles. The molecular weight excluding hydrogens is 581 g/mol. The molecule has 3 aromatic carbocycles. The summed E-state index contributed by atoms with van der Waals surface area (Å²) in [5.41, 5.74) is 2.77. The summed E-state index contributed by atoms with van der Waals surface area (Å²) < 4.78 is 27.0. The number of likely N-dealkylation sites (N-methyl/N-ethyl adjacent to an activating group) is 1. The van der Waals surface area contributed by atoms with Gasteiger partial charge in [-0.2, -0.15) is 0 Å². The Bertz CT molecular complexity index is 1460. The van der Waals surface area contributed by atoms with Gasteiger partial charge in [-0.05, 0) is 53.3 Å². The smallest absolute Gasteiger partial charge is 0.244 e. The van der Waals surface area contributed by atoms with Gasteiger partial charge < -0.3 is 10.2 Å². The summed E-state index contributed by atoms with van der Waals surface area (Å²) in [6.45, 7) is 7.90. The highest BCUT2D eigenvalue weighted by atomic mass is 35.5. The molecule has 220 valence electrons. The number of amides is 2. The molecule has 41 heavy (non-hydrogen) atoms. The maximum atomic E-state index is 14.1. The van der Waals surface area contributed by atoms with E-state index in [0.717, 1.165) is 21.7 Å². The van der Waals surface area contributed by atoms with Crippen molar-refractivity contribution in [3.8, 4) is 0 Å². The molecule has 1 atom stereocenters. The van der Waals surface area contributed by atoms with E-state index in [1.54, 1.807) is 37.3 Å². The topological polar surface area (TPSA) is 86.8 Å². The van der Waals surface area contributed by atoms with E-state index in [2.05, 4.69) is 26.1 Å². The number of sulfonamides is 1. The fraction of sp³-hybridized carbons (Fsp3) is 0.355. The normalized spacial score (nSPS) is 12.5. The third kappa shape index (κ3) is 8.96. The molecule has 0 heterocycles. The van der Waals surface area contributed by atoms with Gasteiger partial charge in [-0.1, -0.05) is 92.5 Å². The maximum absolute atomic E-state index is 14.1.